The number of aromatic nitrogens is 6. The zero-order valence-electron chi connectivity index (χ0n) is 15.1. The molecule has 0 amide bonds. The average Bonchev–Trinajstić information content (AvgIpc) is 3.34. The second-order valence-corrected chi connectivity index (χ2v) is 6.98. The van der Waals surface area contributed by atoms with E-state index < -0.39 is 0 Å². The SMILES string of the molecule is Cc1ccc(Nc2nc(N)nc(CSc3nncn3Cc3ccco3)n2)cc1. The quantitative estimate of drug-likeness (QED) is 0.456. The minimum absolute atomic E-state index is 0.164. The maximum absolute atomic E-state index is 5.85. The Balaban J connectivity index is 1.45. The maximum atomic E-state index is 5.85. The summed E-state index contributed by atoms with van der Waals surface area (Å²) in [4.78, 5) is 12.8. The van der Waals surface area contributed by atoms with Crippen molar-refractivity contribution in [3.63, 3.8) is 0 Å². The summed E-state index contributed by atoms with van der Waals surface area (Å²) >= 11 is 1.47. The Bertz CT molecular complexity index is 1050. The van der Waals surface area contributed by atoms with Crippen molar-refractivity contribution < 1.29 is 4.42 Å². The standard InChI is InChI=1S/C18H18N8OS/c1-12-4-6-13(7-5-12)21-17-23-15(22-16(19)24-17)10-28-18-25-20-11-26(18)9-14-3-2-8-27-14/h2-8,11H,9-10H2,1H3,(H3,19,21,22,23,24). The Morgan fingerprint density at radius 1 is 1.14 bits per heavy atom. The molecule has 0 saturated heterocycles. The van der Waals surface area contributed by atoms with Crippen molar-refractivity contribution in [2.45, 2.75) is 24.4 Å². The van der Waals surface area contributed by atoms with E-state index in [0.717, 1.165) is 16.6 Å². The zero-order chi connectivity index (χ0) is 19.3. The van der Waals surface area contributed by atoms with Crippen LogP contribution in [0.3, 0.4) is 0 Å². The third kappa shape index (κ3) is 4.46. The van der Waals surface area contributed by atoms with E-state index in [9.17, 15) is 0 Å². The average molecular weight is 394 g/mol. The number of benzene rings is 1. The smallest absolute Gasteiger partial charge is 0.232 e. The lowest BCUT2D eigenvalue weighted by molar-refractivity contribution is 0.484. The number of hydrogen-bond acceptors (Lipinski definition) is 9. The van der Waals surface area contributed by atoms with E-state index in [0.29, 0.717) is 24.1 Å². The minimum atomic E-state index is 0.164. The highest BCUT2D eigenvalue weighted by Crippen LogP contribution is 2.21. The van der Waals surface area contributed by atoms with Crippen LogP contribution in [0.1, 0.15) is 17.1 Å². The Labute approximate surface area is 165 Å². The van der Waals surface area contributed by atoms with Gasteiger partial charge in [0.25, 0.3) is 0 Å². The van der Waals surface area contributed by atoms with Gasteiger partial charge in [-0.15, -0.1) is 10.2 Å². The van der Waals surface area contributed by atoms with E-state index in [1.807, 2.05) is 47.9 Å². The fourth-order valence-electron chi connectivity index (χ4n) is 2.49. The summed E-state index contributed by atoms with van der Waals surface area (Å²) in [5, 5.41) is 12.0. The van der Waals surface area contributed by atoms with Gasteiger partial charge in [-0.2, -0.15) is 15.0 Å². The largest absolute Gasteiger partial charge is 0.467 e. The Morgan fingerprint density at radius 3 is 2.79 bits per heavy atom. The molecule has 142 valence electrons. The summed E-state index contributed by atoms with van der Waals surface area (Å²) in [5.74, 6) is 2.43. The highest BCUT2D eigenvalue weighted by molar-refractivity contribution is 7.98. The molecule has 3 N–H and O–H groups in total. The van der Waals surface area contributed by atoms with Gasteiger partial charge in [0.05, 0.1) is 18.6 Å². The first-order valence-corrected chi connectivity index (χ1v) is 9.51. The first-order chi connectivity index (χ1) is 13.7. The second-order valence-electron chi connectivity index (χ2n) is 6.03. The molecule has 0 aliphatic carbocycles. The topological polar surface area (TPSA) is 121 Å². The number of hydrogen-bond donors (Lipinski definition) is 2. The summed E-state index contributed by atoms with van der Waals surface area (Å²) in [6, 6.07) is 11.7. The van der Waals surface area contributed by atoms with Crippen LogP contribution in [-0.2, 0) is 12.3 Å². The highest BCUT2D eigenvalue weighted by Gasteiger charge is 2.11. The summed E-state index contributed by atoms with van der Waals surface area (Å²) in [7, 11) is 0. The van der Waals surface area contributed by atoms with E-state index in [2.05, 4.69) is 30.5 Å². The molecule has 0 radical (unpaired) electrons. The van der Waals surface area contributed by atoms with Crippen LogP contribution >= 0.6 is 11.8 Å². The molecular formula is C18H18N8OS. The number of nitrogens with two attached hydrogens (primary N) is 1. The van der Waals surface area contributed by atoms with Crippen LogP contribution in [0.2, 0.25) is 0 Å². The van der Waals surface area contributed by atoms with Crippen molar-refractivity contribution in [1.29, 1.82) is 0 Å². The molecule has 0 spiro atoms. The number of aryl methyl sites for hydroxylation is 1. The Hall–Kier alpha value is -3.40. The van der Waals surface area contributed by atoms with Gasteiger partial charge in [0.2, 0.25) is 11.9 Å². The lowest BCUT2D eigenvalue weighted by Crippen LogP contribution is -2.07. The van der Waals surface area contributed by atoms with Crippen LogP contribution in [-0.4, -0.2) is 29.7 Å². The molecule has 28 heavy (non-hydrogen) atoms. The number of thioether (sulfide) groups is 1. The minimum Gasteiger partial charge on any atom is -0.467 e. The van der Waals surface area contributed by atoms with Crippen LogP contribution in [0.25, 0.3) is 0 Å². The van der Waals surface area contributed by atoms with Crippen LogP contribution in [0, 0.1) is 6.92 Å². The number of anilines is 3. The first-order valence-electron chi connectivity index (χ1n) is 8.53. The molecule has 0 fully saturated rings. The number of rotatable bonds is 7. The van der Waals surface area contributed by atoms with Crippen molar-refractivity contribution in [3.8, 4) is 0 Å². The molecule has 3 heterocycles. The lowest BCUT2D eigenvalue weighted by Gasteiger charge is -2.08. The maximum Gasteiger partial charge on any atom is 0.232 e. The summed E-state index contributed by atoms with van der Waals surface area (Å²) < 4.78 is 7.28. The summed E-state index contributed by atoms with van der Waals surface area (Å²) in [6.45, 7) is 2.59. The van der Waals surface area contributed by atoms with Crippen molar-refractivity contribution in [2.75, 3.05) is 11.1 Å². The normalized spacial score (nSPS) is 10.9. The summed E-state index contributed by atoms with van der Waals surface area (Å²) in [5.41, 5.74) is 7.91. The van der Waals surface area contributed by atoms with E-state index in [1.54, 1.807) is 12.6 Å². The molecule has 0 atom stereocenters. The fraction of sp³-hybridized carbons (Fsp3) is 0.167. The van der Waals surface area contributed by atoms with Gasteiger partial charge in [-0.05, 0) is 31.2 Å². The van der Waals surface area contributed by atoms with Gasteiger partial charge in [0, 0.05) is 5.69 Å². The van der Waals surface area contributed by atoms with Gasteiger partial charge in [0.1, 0.15) is 17.9 Å². The first kappa shape index (κ1) is 18.0. The van der Waals surface area contributed by atoms with Crippen LogP contribution in [0.5, 0.6) is 0 Å². The lowest BCUT2D eigenvalue weighted by atomic mass is 10.2. The second kappa shape index (κ2) is 8.09. The number of nitrogens with zero attached hydrogens (tertiary/aromatic N) is 6. The van der Waals surface area contributed by atoms with E-state index >= 15 is 0 Å². The van der Waals surface area contributed by atoms with E-state index in [-0.39, 0.29) is 5.95 Å². The van der Waals surface area contributed by atoms with Gasteiger partial charge in [-0.3, -0.25) is 0 Å². The molecule has 9 nitrogen and oxygen atoms in total. The molecule has 0 saturated carbocycles. The monoisotopic (exact) mass is 394 g/mol. The van der Waals surface area contributed by atoms with Gasteiger partial charge in [-0.1, -0.05) is 29.5 Å². The van der Waals surface area contributed by atoms with Crippen LogP contribution < -0.4 is 11.1 Å². The predicted molar refractivity (Wildman–Crippen MR) is 106 cm³/mol. The molecular weight excluding hydrogens is 376 g/mol. The molecule has 3 aromatic heterocycles. The summed E-state index contributed by atoms with van der Waals surface area (Å²) in [6.07, 6.45) is 3.31. The van der Waals surface area contributed by atoms with Gasteiger partial charge in [0.15, 0.2) is 5.16 Å². The number of nitrogen functional groups attached to an aromatic ring is 1. The van der Waals surface area contributed by atoms with Crippen molar-refractivity contribution >= 4 is 29.3 Å². The van der Waals surface area contributed by atoms with Crippen molar-refractivity contribution in [3.05, 3.63) is 66.1 Å². The van der Waals surface area contributed by atoms with Crippen molar-refractivity contribution in [1.82, 2.24) is 29.7 Å². The fourth-order valence-corrected chi connectivity index (χ4v) is 3.26. The molecule has 0 bridgehead atoms. The third-order valence-electron chi connectivity index (χ3n) is 3.82. The van der Waals surface area contributed by atoms with E-state index in [1.165, 1.54) is 17.3 Å². The van der Waals surface area contributed by atoms with Crippen LogP contribution in [0.15, 0.2) is 58.6 Å². The van der Waals surface area contributed by atoms with E-state index in [4.69, 9.17) is 10.2 Å². The zero-order valence-corrected chi connectivity index (χ0v) is 15.9. The Kier molecular flexibility index (Phi) is 5.20. The number of furan rings is 1. The third-order valence-corrected chi connectivity index (χ3v) is 4.80. The molecule has 0 aliphatic heterocycles. The highest BCUT2D eigenvalue weighted by atomic mass is 32.2. The molecule has 0 unspecified atom stereocenters. The van der Waals surface area contributed by atoms with Gasteiger partial charge < -0.3 is 20.0 Å². The predicted octanol–water partition coefficient (Wildman–Crippen LogP) is 3.03. The molecule has 10 heteroatoms. The molecule has 0 aliphatic rings. The molecule has 4 aromatic rings. The molecule has 4 rings (SSSR count). The molecule has 1 aromatic carbocycles. The van der Waals surface area contributed by atoms with Crippen molar-refractivity contribution in [2.24, 2.45) is 0 Å². The van der Waals surface area contributed by atoms with Crippen LogP contribution in [0.4, 0.5) is 17.6 Å². The Morgan fingerprint density at radius 2 is 2.00 bits per heavy atom. The van der Waals surface area contributed by atoms with Gasteiger partial charge in [-0.25, -0.2) is 0 Å². The van der Waals surface area contributed by atoms with Gasteiger partial charge >= 0.3 is 0 Å². The number of nitrogens with one attached hydrogen (secondary N) is 1.